The average molecular weight is 507 g/mol. The van der Waals surface area contributed by atoms with Crippen molar-refractivity contribution in [2.45, 2.75) is 20.4 Å². The Bertz CT molecular complexity index is 1500. The second kappa shape index (κ2) is 8.99. The summed E-state index contributed by atoms with van der Waals surface area (Å²) >= 11 is 13.0. The van der Waals surface area contributed by atoms with Crippen molar-refractivity contribution in [1.29, 1.82) is 0 Å². The molecule has 1 fully saturated rings. The minimum Gasteiger partial charge on any atom is -0.317 e. The molecule has 2 amide bonds. The molecule has 0 bridgehead atoms. The Labute approximate surface area is 211 Å². The van der Waals surface area contributed by atoms with Crippen LogP contribution in [-0.2, 0) is 11.3 Å². The van der Waals surface area contributed by atoms with E-state index < -0.39 is 0 Å². The van der Waals surface area contributed by atoms with Crippen molar-refractivity contribution in [3.63, 3.8) is 0 Å². The van der Waals surface area contributed by atoms with Gasteiger partial charge in [0.2, 0.25) is 0 Å². The van der Waals surface area contributed by atoms with Crippen LogP contribution in [0.1, 0.15) is 22.5 Å². The maximum Gasteiger partial charge on any atom is 0.293 e. The van der Waals surface area contributed by atoms with Gasteiger partial charge >= 0.3 is 0 Å². The van der Waals surface area contributed by atoms with Crippen LogP contribution in [0, 0.1) is 13.8 Å². The number of imide groups is 1. The van der Waals surface area contributed by atoms with E-state index in [4.69, 9.17) is 23.2 Å². The first-order valence-electron chi connectivity index (χ1n) is 10.7. The Balaban J connectivity index is 1.48. The Morgan fingerprint density at radius 3 is 2.47 bits per heavy atom. The summed E-state index contributed by atoms with van der Waals surface area (Å²) < 4.78 is 2.19. The molecule has 7 heteroatoms. The summed E-state index contributed by atoms with van der Waals surface area (Å²) in [6.07, 6.45) is 1.81. The van der Waals surface area contributed by atoms with Gasteiger partial charge in [0.15, 0.2) is 0 Å². The van der Waals surface area contributed by atoms with Crippen LogP contribution in [-0.4, -0.2) is 20.6 Å². The summed E-state index contributed by atoms with van der Waals surface area (Å²) in [7, 11) is 0. The number of fused-ring (bicyclic) bond motifs is 1. The maximum absolute atomic E-state index is 13.1. The number of thioether (sulfide) groups is 1. The van der Waals surface area contributed by atoms with E-state index in [0.29, 0.717) is 15.0 Å². The SMILES string of the molecule is Cc1cc(/C=C2\SC(=O)N(Cc3ccc(Cl)c(Cl)c3)C2=O)c(C)n1-c1cccc2ccccc12. The van der Waals surface area contributed by atoms with E-state index in [9.17, 15) is 9.59 Å². The number of aromatic nitrogens is 1. The van der Waals surface area contributed by atoms with Crippen LogP contribution in [0.5, 0.6) is 0 Å². The number of hydrogen-bond donors (Lipinski definition) is 0. The number of carbonyl (C=O) groups is 2. The molecule has 0 aliphatic carbocycles. The van der Waals surface area contributed by atoms with E-state index in [2.05, 4.69) is 28.8 Å². The highest BCUT2D eigenvalue weighted by atomic mass is 35.5. The topological polar surface area (TPSA) is 42.3 Å². The van der Waals surface area contributed by atoms with Gasteiger partial charge in [-0.25, -0.2) is 0 Å². The van der Waals surface area contributed by atoms with Crippen LogP contribution in [0.15, 0.2) is 71.6 Å². The van der Waals surface area contributed by atoms with Crippen molar-refractivity contribution in [3.05, 3.63) is 104 Å². The second-order valence-corrected chi connectivity index (χ2v) is 9.98. The predicted octanol–water partition coefficient (Wildman–Crippen LogP) is 7.79. The van der Waals surface area contributed by atoms with E-state index in [1.165, 1.54) is 4.90 Å². The van der Waals surface area contributed by atoms with Gasteiger partial charge in [-0.3, -0.25) is 14.5 Å². The predicted molar refractivity (Wildman–Crippen MR) is 141 cm³/mol. The molecule has 0 radical (unpaired) electrons. The van der Waals surface area contributed by atoms with Crippen LogP contribution in [0.4, 0.5) is 4.79 Å². The lowest BCUT2D eigenvalue weighted by Gasteiger charge is -2.13. The van der Waals surface area contributed by atoms with Gasteiger partial charge in [-0.2, -0.15) is 0 Å². The highest BCUT2D eigenvalue weighted by molar-refractivity contribution is 8.18. The number of nitrogens with zero attached hydrogens (tertiary/aromatic N) is 2. The normalized spacial score (nSPS) is 15.2. The third-order valence-electron chi connectivity index (χ3n) is 5.96. The minimum atomic E-state index is -0.309. The summed E-state index contributed by atoms with van der Waals surface area (Å²) in [5, 5.41) is 2.84. The molecule has 0 saturated carbocycles. The molecule has 0 unspecified atom stereocenters. The zero-order valence-corrected chi connectivity index (χ0v) is 20.8. The van der Waals surface area contributed by atoms with Crippen molar-refractivity contribution in [3.8, 4) is 5.69 Å². The number of benzene rings is 3. The van der Waals surface area contributed by atoms with Gasteiger partial charge in [-0.05, 0) is 72.5 Å². The fraction of sp³-hybridized carbons (Fsp3) is 0.111. The van der Waals surface area contributed by atoms with Crippen LogP contribution < -0.4 is 0 Å². The fourth-order valence-electron chi connectivity index (χ4n) is 4.31. The summed E-state index contributed by atoms with van der Waals surface area (Å²) in [4.78, 5) is 27.3. The third-order valence-corrected chi connectivity index (χ3v) is 7.61. The van der Waals surface area contributed by atoms with Gasteiger partial charge in [0.25, 0.3) is 11.1 Å². The van der Waals surface area contributed by atoms with Gasteiger partial charge < -0.3 is 4.57 Å². The van der Waals surface area contributed by atoms with Crippen LogP contribution >= 0.6 is 35.0 Å². The monoisotopic (exact) mass is 506 g/mol. The van der Waals surface area contributed by atoms with Crippen molar-refractivity contribution in [2.24, 2.45) is 0 Å². The molecule has 4 aromatic rings. The second-order valence-electron chi connectivity index (χ2n) is 8.18. The molecule has 0 spiro atoms. The van der Waals surface area contributed by atoms with Crippen molar-refractivity contribution in [2.75, 3.05) is 0 Å². The van der Waals surface area contributed by atoms with Crippen molar-refractivity contribution < 1.29 is 9.59 Å². The zero-order valence-electron chi connectivity index (χ0n) is 18.5. The molecule has 1 aliphatic heterocycles. The van der Waals surface area contributed by atoms with Crippen LogP contribution in [0.3, 0.4) is 0 Å². The molecule has 1 aliphatic rings. The third kappa shape index (κ3) is 4.05. The first-order valence-corrected chi connectivity index (χ1v) is 12.3. The van der Waals surface area contributed by atoms with Crippen LogP contribution in [0.2, 0.25) is 10.0 Å². The standard InChI is InChI=1S/C27H20Cl2N2O2S/c1-16-12-20(17(2)31(16)24-9-5-7-19-6-3-4-8-21(19)24)14-25-26(32)30(27(33)34-25)15-18-10-11-22(28)23(29)13-18/h3-14H,15H2,1-2H3/b25-14-. The number of amides is 2. The lowest BCUT2D eigenvalue weighted by Crippen LogP contribution is -2.27. The lowest BCUT2D eigenvalue weighted by atomic mass is 10.1. The largest absolute Gasteiger partial charge is 0.317 e. The first kappa shape index (κ1) is 22.8. The van der Waals surface area contributed by atoms with Gasteiger partial charge in [0, 0.05) is 16.8 Å². The molecule has 1 aromatic heterocycles. The molecule has 5 rings (SSSR count). The highest BCUT2D eigenvalue weighted by Gasteiger charge is 2.35. The van der Waals surface area contributed by atoms with Gasteiger partial charge in [0.05, 0.1) is 27.2 Å². The number of halogens is 2. The summed E-state index contributed by atoms with van der Waals surface area (Å²) in [5.74, 6) is -0.309. The van der Waals surface area contributed by atoms with E-state index in [-0.39, 0.29) is 17.7 Å². The molecular formula is C27H20Cl2N2O2S. The molecule has 0 N–H and O–H groups in total. The molecule has 1 saturated heterocycles. The number of rotatable bonds is 4. The Hall–Kier alpha value is -2.99. The Morgan fingerprint density at radius 2 is 1.68 bits per heavy atom. The van der Waals surface area contributed by atoms with E-state index >= 15 is 0 Å². The molecule has 170 valence electrons. The molecule has 4 nitrogen and oxygen atoms in total. The molecule has 34 heavy (non-hydrogen) atoms. The first-order chi connectivity index (χ1) is 16.3. The number of carbonyl (C=O) groups excluding carboxylic acids is 2. The van der Waals surface area contributed by atoms with E-state index in [0.717, 1.165) is 50.7 Å². The average Bonchev–Trinajstić information content (AvgIpc) is 3.25. The van der Waals surface area contributed by atoms with Crippen molar-refractivity contribution >= 4 is 63.0 Å². The van der Waals surface area contributed by atoms with Crippen molar-refractivity contribution in [1.82, 2.24) is 9.47 Å². The van der Waals surface area contributed by atoms with Gasteiger partial charge in [0.1, 0.15) is 0 Å². The molecule has 0 atom stereocenters. The number of aryl methyl sites for hydroxylation is 1. The molecule has 2 heterocycles. The Morgan fingerprint density at radius 1 is 0.912 bits per heavy atom. The van der Waals surface area contributed by atoms with E-state index in [1.54, 1.807) is 18.2 Å². The minimum absolute atomic E-state index is 0.147. The van der Waals surface area contributed by atoms with Gasteiger partial charge in [-0.1, -0.05) is 65.7 Å². The quantitative estimate of drug-likeness (QED) is 0.265. The van der Waals surface area contributed by atoms with Gasteiger partial charge in [-0.15, -0.1) is 0 Å². The summed E-state index contributed by atoms with van der Waals surface area (Å²) in [6.45, 7) is 4.22. The summed E-state index contributed by atoms with van der Waals surface area (Å²) in [5.41, 5.74) is 4.79. The van der Waals surface area contributed by atoms with E-state index in [1.807, 2.05) is 44.2 Å². The smallest absolute Gasteiger partial charge is 0.293 e. The number of hydrogen-bond acceptors (Lipinski definition) is 3. The fourth-order valence-corrected chi connectivity index (χ4v) is 5.46. The maximum atomic E-state index is 13.1. The lowest BCUT2D eigenvalue weighted by molar-refractivity contribution is -0.123. The zero-order chi connectivity index (χ0) is 24.0. The highest BCUT2D eigenvalue weighted by Crippen LogP contribution is 2.36. The Kier molecular flexibility index (Phi) is 6.02. The molecular weight excluding hydrogens is 487 g/mol. The van der Waals surface area contributed by atoms with Crippen LogP contribution in [0.25, 0.3) is 22.5 Å². The summed E-state index contributed by atoms with van der Waals surface area (Å²) in [6, 6.07) is 21.6. The molecule has 3 aromatic carbocycles.